The number of anilines is 2. The van der Waals surface area contributed by atoms with E-state index in [0.29, 0.717) is 5.69 Å². The van der Waals surface area contributed by atoms with Crippen molar-refractivity contribution >= 4 is 57.3 Å². The third-order valence-corrected chi connectivity index (χ3v) is 6.74. The number of Topliss-reactive ketones (excluding diaryl/α,β-unsaturated/α-hetero) is 2. The van der Waals surface area contributed by atoms with Gasteiger partial charge in [0.1, 0.15) is 22.4 Å². The first-order valence-electron chi connectivity index (χ1n) is 13.8. The maximum Gasteiger partial charge on any atom is 1.00 e. The van der Waals surface area contributed by atoms with Gasteiger partial charge in [-0.2, -0.15) is 26.3 Å². The van der Waals surface area contributed by atoms with E-state index in [-0.39, 0.29) is 60.1 Å². The Morgan fingerprint density at radius 1 is 0.674 bits per heavy atom. The summed E-state index contributed by atoms with van der Waals surface area (Å²) < 4.78 is 74.9. The largest absolute Gasteiger partial charge is 1.00 e. The monoisotopic (exact) mass is 782 g/mol. The van der Waals surface area contributed by atoms with Crippen LogP contribution in [0, 0.1) is 22.7 Å². The summed E-state index contributed by atoms with van der Waals surface area (Å²) in [6.07, 6.45) is -8.84. The molecule has 0 atom stereocenters. The molecule has 14 heteroatoms. The average molecular weight is 783 g/mol. The van der Waals surface area contributed by atoms with Gasteiger partial charge in [-0.25, -0.2) is 0 Å². The van der Waals surface area contributed by atoms with Crippen molar-refractivity contribution in [2.24, 2.45) is 22.7 Å². The Balaban J connectivity index is -0.000000752. The minimum Gasteiger partial charge on any atom is -1.00 e. The topological polar surface area (TPSA) is 83.6 Å². The molecule has 0 radical (unpaired) electrons. The van der Waals surface area contributed by atoms with E-state index in [2.05, 4.69) is 27.9 Å². The fourth-order valence-electron chi connectivity index (χ4n) is 4.10. The molecule has 2 rings (SSSR count). The Kier molecular flexibility index (Phi) is 18.6. The Labute approximate surface area is 304 Å². The molecule has 254 valence electrons. The zero-order chi connectivity index (χ0) is 35.7. The standard InChI is InChI=1S/C16H20F3NO2.C15H18F3NO2.CH3I.Na.H/c1-10(2)13(21)15(3,4)14(22)20(5)12-8-6-11(7-9-12)16(17,18)19;1-9(2)12(20)14(3,4)13(21)19-11-7-5-10(6-8-11)15(16,17)18;1-2;;/h6-10H,1-5H3;5-9H,1-4H3,(H,19,21);1H3;;/q;;;+1;-1. The van der Waals surface area contributed by atoms with Crippen LogP contribution in [0.1, 0.15) is 67.9 Å². The molecule has 0 aliphatic carbocycles. The number of rotatable bonds is 8. The summed E-state index contributed by atoms with van der Waals surface area (Å²) in [6, 6.07) is 8.35. The zero-order valence-electron chi connectivity index (χ0n) is 29.0. The number of hydrogen-bond donors (Lipinski definition) is 1. The zero-order valence-corrected chi connectivity index (χ0v) is 32.2. The molecule has 0 aliphatic rings. The quantitative estimate of drug-likeness (QED) is 0.118. The number of benzene rings is 2. The van der Waals surface area contributed by atoms with Crippen molar-refractivity contribution in [2.45, 2.75) is 67.7 Å². The molecule has 2 aromatic carbocycles. The van der Waals surface area contributed by atoms with Crippen molar-refractivity contribution in [3.05, 3.63) is 59.7 Å². The number of halogens is 7. The van der Waals surface area contributed by atoms with Crippen molar-refractivity contribution in [2.75, 3.05) is 22.2 Å². The van der Waals surface area contributed by atoms with E-state index in [0.717, 1.165) is 36.4 Å². The summed E-state index contributed by atoms with van der Waals surface area (Å²) >= 11 is 2.15. The number of amides is 2. The maximum absolute atomic E-state index is 12.5. The summed E-state index contributed by atoms with van der Waals surface area (Å²) in [7, 11) is 1.44. The SMILES string of the molecule is CC(C)C(=O)C(C)(C)C(=O)N(C)c1ccc(C(F)(F)F)cc1.CC(C)C(=O)C(C)(C)C(=O)Nc1ccc(C(F)(F)F)cc1.CI.[H-].[Na+]. The van der Waals surface area contributed by atoms with Crippen molar-refractivity contribution in [1.82, 2.24) is 0 Å². The van der Waals surface area contributed by atoms with Crippen LogP contribution < -0.4 is 39.8 Å². The number of alkyl halides is 7. The fourth-order valence-corrected chi connectivity index (χ4v) is 4.10. The number of carbonyl (C=O) groups excluding carboxylic acids is 4. The molecule has 0 spiro atoms. The van der Waals surface area contributed by atoms with Crippen LogP contribution in [-0.2, 0) is 31.5 Å². The molecule has 6 nitrogen and oxygen atoms in total. The first kappa shape index (κ1) is 46.2. The fraction of sp³-hybridized carbons (Fsp3) is 0.500. The Morgan fingerprint density at radius 2 is 1.00 bits per heavy atom. The van der Waals surface area contributed by atoms with Crippen molar-refractivity contribution in [1.29, 1.82) is 0 Å². The molecular formula is C32H42F6IN2NaO4. The molecule has 2 aromatic rings. The second-order valence-corrected chi connectivity index (χ2v) is 11.7. The summed E-state index contributed by atoms with van der Waals surface area (Å²) in [5.41, 5.74) is -3.52. The van der Waals surface area contributed by atoms with Gasteiger partial charge < -0.3 is 11.6 Å². The molecular weight excluding hydrogens is 740 g/mol. The summed E-state index contributed by atoms with van der Waals surface area (Å²) in [4.78, 5) is 51.9. The molecule has 0 heterocycles. The molecule has 0 aromatic heterocycles. The summed E-state index contributed by atoms with van der Waals surface area (Å²) in [5, 5.41) is 2.47. The van der Waals surface area contributed by atoms with Gasteiger partial charge in [-0.1, -0.05) is 50.3 Å². The predicted octanol–water partition coefficient (Wildman–Crippen LogP) is 5.98. The molecule has 2 amide bonds. The van der Waals surface area contributed by atoms with Crippen molar-refractivity contribution in [3.63, 3.8) is 0 Å². The third-order valence-electron chi connectivity index (χ3n) is 6.74. The van der Waals surface area contributed by atoms with Crippen LogP contribution in [0.15, 0.2) is 48.5 Å². The second kappa shape index (κ2) is 18.5. The van der Waals surface area contributed by atoms with Gasteiger partial charge in [0.05, 0.1) is 11.1 Å². The molecule has 46 heavy (non-hydrogen) atoms. The smallest absolute Gasteiger partial charge is 1.00 e. The molecule has 0 bridgehead atoms. The predicted molar refractivity (Wildman–Crippen MR) is 173 cm³/mol. The van der Waals surface area contributed by atoms with E-state index in [1.165, 1.54) is 51.8 Å². The summed E-state index contributed by atoms with van der Waals surface area (Å²) in [5.74, 6) is -2.05. The first-order valence-corrected chi connectivity index (χ1v) is 15.9. The van der Waals surface area contributed by atoms with Crippen LogP contribution in [0.3, 0.4) is 0 Å². The van der Waals surface area contributed by atoms with Gasteiger partial charge in [-0.05, 0) is 81.2 Å². The van der Waals surface area contributed by atoms with Gasteiger partial charge in [0, 0.05) is 30.3 Å². The molecule has 0 fully saturated rings. The minimum atomic E-state index is -4.42. The third kappa shape index (κ3) is 12.9. The van der Waals surface area contributed by atoms with E-state index in [1.807, 2.05) is 4.93 Å². The van der Waals surface area contributed by atoms with E-state index in [1.54, 1.807) is 27.7 Å². The number of nitrogens with zero attached hydrogens (tertiary/aromatic N) is 1. The molecule has 0 aliphatic heterocycles. The van der Waals surface area contributed by atoms with Crippen molar-refractivity contribution in [3.8, 4) is 0 Å². The van der Waals surface area contributed by atoms with E-state index < -0.39 is 46.1 Å². The van der Waals surface area contributed by atoms with Crippen LogP contribution in [0.4, 0.5) is 37.7 Å². The molecule has 1 N–H and O–H groups in total. The Morgan fingerprint density at radius 3 is 1.33 bits per heavy atom. The van der Waals surface area contributed by atoms with E-state index >= 15 is 0 Å². The average Bonchev–Trinajstić information content (AvgIpc) is 2.96. The van der Waals surface area contributed by atoms with Gasteiger partial charge in [-0.3, -0.25) is 19.2 Å². The van der Waals surface area contributed by atoms with Crippen LogP contribution in [0.2, 0.25) is 0 Å². The van der Waals surface area contributed by atoms with Gasteiger partial charge in [0.15, 0.2) is 0 Å². The van der Waals surface area contributed by atoms with Crippen LogP contribution in [0.25, 0.3) is 0 Å². The minimum absolute atomic E-state index is 0. The van der Waals surface area contributed by atoms with Gasteiger partial charge in [-0.15, -0.1) is 0 Å². The molecule has 0 saturated carbocycles. The maximum atomic E-state index is 12.5. The number of ketones is 2. The van der Waals surface area contributed by atoms with E-state index in [9.17, 15) is 45.5 Å². The first-order chi connectivity index (χ1) is 20.3. The Bertz CT molecular complexity index is 1310. The normalized spacial score (nSPS) is 11.7. The van der Waals surface area contributed by atoms with Gasteiger partial charge >= 0.3 is 41.9 Å². The second-order valence-electron chi connectivity index (χ2n) is 11.7. The summed E-state index contributed by atoms with van der Waals surface area (Å²) in [6.45, 7) is 12.8. The van der Waals surface area contributed by atoms with Gasteiger partial charge in [0.25, 0.3) is 0 Å². The molecule has 0 unspecified atom stereocenters. The number of nitrogens with one attached hydrogen (secondary N) is 1. The number of carbonyl (C=O) groups is 4. The van der Waals surface area contributed by atoms with Gasteiger partial charge in [0.2, 0.25) is 11.8 Å². The van der Waals surface area contributed by atoms with E-state index in [4.69, 9.17) is 0 Å². The van der Waals surface area contributed by atoms with Crippen LogP contribution in [0.5, 0.6) is 0 Å². The number of hydrogen-bond acceptors (Lipinski definition) is 4. The van der Waals surface area contributed by atoms with Crippen molar-refractivity contribution < 1.29 is 76.5 Å². The van der Waals surface area contributed by atoms with Crippen LogP contribution in [-0.4, -0.2) is 35.4 Å². The Hall–Kier alpha value is -1.97. The molecule has 0 saturated heterocycles. The van der Waals surface area contributed by atoms with Crippen LogP contribution >= 0.6 is 22.6 Å².